The van der Waals surface area contributed by atoms with Gasteiger partial charge in [0.05, 0.1) is 0 Å². The van der Waals surface area contributed by atoms with E-state index in [9.17, 15) is 0 Å². The summed E-state index contributed by atoms with van der Waals surface area (Å²) in [6, 6.07) is 9.28. The van der Waals surface area contributed by atoms with Crippen molar-refractivity contribution in [3.63, 3.8) is 0 Å². The average Bonchev–Trinajstić information content (AvgIpc) is 2.29. The first-order chi connectivity index (χ1) is 8.66. The van der Waals surface area contributed by atoms with Gasteiger partial charge in [-0.15, -0.1) is 0 Å². The number of hydrogen-bond donors (Lipinski definition) is 0. The first-order valence-corrected chi connectivity index (χ1v) is 8.70. The molecule has 0 atom stereocenters. The van der Waals surface area contributed by atoms with Crippen molar-refractivity contribution in [1.82, 2.24) is 0 Å². The Morgan fingerprint density at radius 1 is 0.900 bits per heavy atom. The van der Waals surface area contributed by atoms with Gasteiger partial charge < -0.3 is 11.6 Å². The largest absolute Gasteiger partial charge is 0.352 e. The maximum Gasteiger partial charge on any atom is 0 e. The Balaban J connectivity index is 0. The van der Waals surface area contributed by atoms with Crippen LogP contribution in [0.4, 0.5) is 0 Å². The second kappa shape index (κ2) is 9.59. The van der Waals surface area contributed by atoms with Gasteiger partial charge in [-0.2, -0.15) is 0 Å². The van der Waals surface area contributed by atoms with Crippen molar-refractivity contribution in [1.29, 1.82) is 0 Å². The van der Waals surface area contributed by atoms with Gasteiger partial charge in [-0.05, 0) is 27.6 Å². The van der Waals surface area contributed by atoms with E-state index in [0.717, 1.165) is 6.42 Å². The second-order valence-electron chi connectivity index (χ2n) is 6.70. The molecule has 0 aliphatic rings. The fourth-order valence-electron chi connectivity index (χ4n) is 2.66. The molecule has 120 valence electrons. The van der Waals surface area contributed by atoms with Crippen LogP contribution < -0.4 is 5.30 Å². The standard InChI is InChI=1S/C16H27P.CH2Cl.Pd/c1-8-13-9-11-14(12-10-13)17(15(2,3)4)16(5,6)7;1-2;/h9-12H,8H2,1-7H3;1H2;/q;-1;. The Labute approximate surface area is 146 Å². The van der Waals surface area contributed by atoms with E-state index in [1.165, 1.54) is 10.9 Å². The minimum atomic E-state index is -0.155. The van der Waals surface area contributed by atoms with E-state index >= 15 is 0 Å². The molecule has 0 radical (unpaired) electrons. The summed E-state index contributed by atoms with van der Waals surface area (Å²) in [6.45, 7) is 16.4. The van der Waals surface area contributed by atoms with Gasteiger partial charge in [-0.25, -0.2) is 0 Å². The SMILES string of the molecule is CCc1ccc(P(C(C)(C)C)C(C)(C)C)cc1.[CH2-]Cl.[Pd]. The van der Waals surface area contributed by atoms with Gasteiger partial charge in [-0.3, -0.25) is 6.38 Å². The molecular weight excluding hydrogens is 377 g/mol. The van der Waals surface area contributed by atoms with Gasteiger partial charge in [-0.1, -0.05) is 80.7 Å². The molecule has 0 spiro atoms. The minimum absolute atomic E-state index is 0. The van der Waals surface area contributed by atoms with Crippen LogP contribution in [0.3, 0.4) is 0 Å². The maximum absolute atomic E-state index is 4.39. The molecule has 0 amide bonds. The molecular formula is C17H29ClPPd-. The summed E-state index contributed by atoms with van der Waals surface area (Å²) in [4.78, 5) is 0. The molecule has 0 aliphatic carbocycles. The van der Waals surface area contributed by atoms with E-state index in [1.54, 1.807) is 0 Å². The number of benzene rings is 1. The predicted molar refractivity (Wildman–Crippen MR) is 93.1 cm³/mol. The van der Waals surface area contributed by atoms with Crippen LogP contribution in [0.25, 0.3) is 0 Å². The minimum Gasteiger partial charge on any atom is -0.352 e. The van der Waals surface area contributed by atoms with Crippen LogP contribution in [0.5, 0.6) is 0 Å². The zero-order chi connectivity index (χ0) is 15.3. The third-order valence-corrected chi connectivity index (χ3v) is 6.44. The monoisotopic (exact) mass is 405 g/mol. The summed E-state index contributed by atoms with van der Waals surface area (Å²) in [5.74, 6) is 0. The number of hydrogen-bond acceptors (Lipinski definition) is 0. The van der Waals surface area contributed by atoms with Crippen LogP contribution in [0.15, 0.2) is 24.3 Å². The van der Waals surface area contributed by atoms with Crippen LogP contribution in [0.2, 0.25) is 0 Å². The van der Waals surface area contributed by atoms with Gasteiger partial charge in [0.15, 0.2) is 0 Å². The summed E-state index contributed by atoms with van der Waals surface area (Å²) in [7, 11) is -0.155. The molecule has 0 aliphatic heterocycles. The van der Waals surface area contributed by atoms with Crippen molar-refractivity contribution in [2.24, 2.45) is 0 Å². The van der Waals surface area contributed by atoms with Gasteiger partial charge in [0.1, 0.15) is 0 Å². The average molecular weight is 406 g/mol. The fraction of sp³-hybridized carbons (Fsp3) is 0.588. The zero-order valence-electron chi connectivity index (χ0n) is 13.9. The molecule has 0 heterocycles. The van der Waals surface area contributed by atoms with Crippen molar-refractivity contribution in [3.8, 4) is 0 Å². The van der Waals surface area contributed by atoms with Crippen molar-refractivity contribution < 1.29 is 20.4 Å². The van der Waals surface area contributed by atoms with Gasteiger partial charge in [0.2, 0.25) is 0 Å². The van der Waals surface area contributed by atoms with Gasteiger partial charge in [0, 0.05) is 20.4 Å². The molecule has 20 heavy (non-hydrogen) atoms. The summed E-state index contributed by atoms with van der Waals surface area (Å²) >= 11 is 4.39. The molecule has 1 rings (SSSR count). The Morgan fingerprint density at radius 3 is 1.50 bits per heavy atom. The van der Waals surface area contributed by atoms with Crippen LogP contribution in [0, 0.1) is 6.38 Å². The molecule has 0 saturated heterocycles. The Kier molecular flexibility index (Phi) is 11.0. The molecule has 0 bridgehead atoms. The zero-order valence-corrected chi connectivity index (χ0v) is 17.1. The van der Waals surface area contributed by atoms with E-state index in [4.69, 9.17) is 0 Å². The van der Waals surface area contributed by atoms with E-state index in [1.807, 2.05) is 0 Å². The first-order valence-electron chi connectivity index (χ1n) is 6.82. The first kappa shape index (κ1) is 22.9. The number of halogens is 1. The van der Waals surface area contributed by atoms with E-state index in [-0.39, 0.29) is 28.3 Å². The van der Waals surface area contributed by atoms with E-state index < -0.39 is 0 Å². The maximum atomic E-state index is 4.39. The summed E-state index contributed by atoms with van der Waals surface area (Å²) in [5, 5.41) is 2.26. The van der Waals surface area contributed by atoms with Gasteiger partial charge >= 0.3 is 0 Å². The van der Waals surface area contributed by atoms with Crippen LogP contribution in [-0.4, -0.2) is 10.3 Å². The molecule has 0 nitrogen and oxygen atoms in total. The van der Waals surface area contributed by atoms with Crippen molar-refractivity contribution in [2.75, 3.05) is 0 Å². The second-order valence-corrected chi connectivity index (χ2v) is 10.6. The van der Waals surface area contributed by atoms with Crippen LogP contribution >= 0.6 is 19.5 Å². The van der Waals surface area contributed by atoms with E-state index in [0.29, 0.717) is 10.3 Å². The quantitative estimate of drug-likeness (QED) is 0.323. The number of aryl methyl sites for hydroxylation is 1. The molecule has 0 N–H and O–H groups in total. The third kappa shape index (κ3) is 7.05. The van der Waals surface area contributed by atoms with Crippen LogP contribution in [-0.2, 0) is 26.8 Å². The molecule has 0 aromatic heterocycles. The third-order valence-electron chi connectivity index (χ3n) is 2.94. The van der Waals surface area contributed by atoms with Gasteiger partial charge in [0.25, 0.3) is 0 Å². The normalized spacial score (nSPS) is 11.5. The molecule has 3 heteroatoms. The molecule has 1 aromatic rings. The molecule has 1 aromatic carbocycles. The smallest absolute Gasteiger partial charge is 0 e. The Morgan fingerprint density at radius 2 is 1.25 bits per heavy atom. The van der Waals surface area contributed by atoms with Crippen LogP contribution in [0.1, 0.15) is 54.0 Å². The van der Waals surface area contributed by atoms with Crippen molar-refractivity contribution >= 4 is 24.8 Å². The van der Waals surface area contributed by atoms with Crippen molar-refractivity contribution in [3.05, 3.63) is 36.2 Å². The Bertz CT molecular complexity index is 346. The molecule has 0 unspecified atom stereocenters. The summed E-state index contributed by atoms with van der Waals surface area (Å²) in [6.07, 6.45) is 3.85. The van der Waals surface area contributed by atoms with Crippen molar-refractivity contribution in [2.45, 2.75) is 65.2 Å². The topological polar surface area (TPSA) is 0 Å². The Hall–Kier alpha value is 0.602. The van der Waals surface area contributed by atoms with E-state index in [2.05, 4.69) is 90.7 Å². The predicted octanol–water partition coefficient (Wildman–Crippen LogP) is 5.97. The summed E-state index contributed by atoms with van der Waals surface area (Å²) in [5.41, 5.74) is 1.44. The molecule has 0 saturated carbocycles. The molecule has 0 fully saturated rings. The fourth-order valence-corrected chi connectivity index (χ4v) is 6.67. The summed E-state index contributed by atoms with van der Waals surface area (Å²) < 4.78 is 0. The number of rotatable bonds is 2.